The van der Waals surface area contributed by atoms with Crippen molar-refractivity contribution in [2.24, 2.45) is 0 Å². The monoisotopic (exact) mass is 463 g/mol. The minimum absolute atomic E-state index is 0.256. The number of carbonyl (C=O) groups excluding carboxylic acids is 1. The number of quaternary nitrogens is 1. The average Bonchev–Trinajstić information content (AvgIpc) is 3.14. The summed E-state index contributed by atoms with van der Waals surface area (Å²) in [5.41, 5.74) is 9.47. The number of halogens is 1. The van der Waals surface area contributed by atoms with Crippen LogP contribution in [0, 0.1) is 24.1 Å². The summed E-state index contributed by atoms with van der Waals surface area (Å²) in [7, 11) is 0. The van der Waals surface area contributed by atoms with E-state index in [1.54, 1.807) is 6.92 Å². The quantitative estimate of drug-likeness (QED) is 0.567. The molecule has 2 aromatic heterocycles. The van der Waals surface area contributed by atoms with Crippen LogP contribution >= 0.6 is 11.3 Å². The molecule has 3 aromatic rings. The van der Waals surface area contributed by atoms with Gasteiger partial charge in [-0.15, -0.1) is 16.3 Å². The molecule has 5 heterocycles. The predicted molar refractivity (Wildman–Crippen MR) is 126 cm³/mol. The zero-order valence-electron chi connectivity index (χ0n) is 18.3. The number of nitrogens with two attached hydrogens (primary N) is 1. The molecule has 1 amide bonds. The van der Waals surface area contributed by atoms with E-state index in [1.165, 1.54) is 30.2 Å². The third kappa shape index (κ3) is 2.91. The molecule has 0 saturated carbocycles. The Bertz CT molecular complexity index is 1350. The number of amides is 1. The second kappa shape index (κ2) is 7.22. The van der Waals surface area contributed by atoms with Gasteiger partial charge in [0.05, 0.1) is 11.4 Å². The van der Waals surface area contributed by atoms with Crippen molar-refractivity contribution in [1.29, 1.82) is 5.26 Å². The Morgan fingerprint density at radius 1 is 1.36 bits per heavy atom. The molecule has 3 fully saturated rings. The van der Waals surface area contributed by atoms with E-state index in [4.69, 9.17) is 5.73 Å². The fourth-order valence-corrected chi connectivity index (χ4v) is 6.92. The molecule has 0 bridgehead atoms. The Balaban J connectivity index is 1.14. The number of hydrogen-bond acceptors (Lipinski definition) is 6. The highest BCUT2D eigenvalue weighted by Gasteiger charge is 2.70. The Hall–Kier alpha value is -3.06. The summed E-state index contributed by atoms with van der Waals surface area (Å²) in [5.74, 6) is -0.732. The average molecular weight is 464 g/mol. The number of pyridine rings is 1. The van der Waals surface area contributed by atoms with Gasteiger partial charge in [-0.05, 0) is 43.9 Å². The summed E-state index contributed by atoms with van der Waals surface area (Å²) in [4.78, 5) is 17.8. The van der Waals surface area contributed by atoms with Gasteiger partial charge in [0.2, 0.25) is 0 Å². The number of nitrogen functional groups attached to an aromatic ring is 1. The Kier molecular flexibility index (Phi) is 4.49. The van der Waals surface area contributed by atoms with Crippen LogP contribution in [0.2, 0.25) is 0 Å². The van der Waals surface area contributed by atoms with Gasteiger partial charge in [0.1, 0.15) is 52.3 Å². The molecule has 1 aromatic carbocycles. The summed E-state index contributed by atoms with van der Waals surface area (Å²) in [5, 5.41) is 15.7. The summed E-state index contributed by atoms with van der Waals surface area (Å²) in [6.07, 6.45) is 3.16. The van der Waals surface area contributed by atoms with Crippen LogP contribution in [-0.4, -0.2) is 47.6 Å². The first kappa shape index (κ1) is 20.5. The highest BCUT2D eigenvalue weighted by Crippen LogP contribution is 2.53. The lowest BCUT2D eigenvalue weighted by Crippen LogP contribution is -2.88. The maximum atomic E-state index is 13.8. The molecule has 3 aliphatic rings. The molecule has 9 heteroatoms. The first-order chi connectivity index (χ1) is 15.9. The van der Waals surface area contributed by atoms with Crippen molar-refractivity contribution in [3.63, 3.8) is 0 Å². The van der Waals surface area contributed by atoms with E-state index in [0.29, 0.717) is 40.1 Å². The molecule has 33 heavy (non-hydrogen) atoms. The van der Waals surface area contributed by atoms with Crippen molar-refractivity contribution < 1.29 is 9.18 Å². The van der Waals surface area contributed by atoms with Crippen LogP contribution in [0.4, 0.5) is 15.8 Å². The highest BCUT2D eigenvalue weighted by molar-refractivity contribution is 7.21. The lowest BCUT2D eigenvalue weighted by atomic mass is 9.98. The minimum Gasteiger partial charge on any atom is -0.397 e. The number of rotatable bonds is 5. The first-order valence-corrected chi connectivity index (χ1v) is 12.1. The van der Waals surface area contributed by atoms with Gasteiger partial charge in [0.25, 0.3) is 5.91 Å². The molecule has 2 unspecified atom stereocenters. The van der Waals surface area contributed by atoms with E-state index in [2.05, 4.69) is 33.5 Å². The standard InChI is InChI=1S/C24H23FN6OS/c1-13-19(25)9-18-21(27)22(33-24(18)29-13)23(32)28-7-6-14-2-5-20(15(8-14)10-26)31-11-16-3-4-17(12-31)30(16)31/h2,5,8-9,16-17H,3-4,6-7,11-12H2,1H3,(H2-,27,28,32)/p+1. The van der Waals surface area contributed by atoms with E-state index < -0.39 is 5.82 Å². The normalized spacial score (nSPS) is 25.2. The number of anilines is 1. The molecule has 0 spiro atoms. The number of nitrogens with one attached hydrogen (secondary N) is 1. The van der Waals surface area contributed by atoms with Crippen molar-refractivity contribution >= 4 is 38.8 Å². The number of nitrogens with zero attached hydrogens (tertiary/aromatic N) is 4. The van der Waals surface area contributed by atoms with E-state index >= 15 is 0 Å². The van der Waals surface area contributed by atoms with Crippen molar-refractivity contribution in [2.45, 2.75) is 38.3 Å². The molecular formula is C24H24FN6OS+. The van der Waals surface area contributed by atoms with Crippen LogP contribution < -0.4 is 15.6 Å². The lowest BCUT2D eigenvalue weighted by molar-refractivity contribution is -0.231. The summed E-state index contributed by atoms with van der Waals surface area (Å²) < 4.78 is 14.7. The van der Waals surface area contributed by atoms with Gasteiger partial charge in [0.15, 0.2) is 5.69 Å². The van der Waals surface area contributed by atoms with Crippen molar-refractivity contribution in [2.75, 3.05) is 25.4 Å². The number of nitriles is 1. The number of fused-ring (bicyclic) bond motifs is 1. The van der Waals surface area contributed by atoms with Gasteiger partial charge in [-0.2, -0.15) is 5.26 Å². The number of hydrogen-bond donors (Lipinski definition) is 2. The van der Waals surface area contributed by atoms with Gasteiger partial charge in [-0.25, -0.2) is 14.0 Å². The Labute approximate surface area is 194 Å². The summed E-state index contributed by atoms with van der Waals surface area (Å²) in [6, 6.07) is 11.2. The predicted octanol–water partition coefficient (Wildman–Crippen LogP) is 3.25. The molecular weight excluding hydrogens is 439 g/mol. The lowest BCUT2D eigenvalue weighted by Gasteiger charge is -2.65. The highest BCUT2D eigenvalue weighted by atomic mass is 32.1. The molecule has 0 aliphatic carbocycles. The Morgan fingerprint density at radius 3 is 2.85 bits per heavy atom. The SMILES string of the molecule is Cc1nc2sc(C(=O)NCCc3ccc([N+]45CC6CCC(C4)N65)c(C#N)c3)c(N)c2cc1F. The molecule has 168 valence electrons. The molecule has 7 nitrogen and oxygen atoms in total. The molecule has 2 atom stereocenters. The maximum absolute atomic E-state index is 13.8. The maximum Gasteiger partial charge on any atom is 0.263 e. The number of carbonyl (C=O) groups is 1. The van der Waals surface area contributed by atoms with Crippen LogP contribution in [0.15, 0.2) is 24.3 Å². The molecule has 3 saturated heterocycles. The van der Waals surface area contributed by atoms with Crippen LogP contribution in [0.1, 0.15) is 39.3 Å². The van der Waals surface area contributed by atoms with Crippen molar-refractivity contribution in [3.05, 3.63) is 51.8 Å². The number of thiophene rings is 1. The smallest absolute Gasteiger partial charge is 0.263 e. The van der Waals surface area contributed by atoms with Gasteiger partial charge >= 0.3 is 0 Å². The van der Waals surface area contributed by atoms with Crippen LogP contribution in [0.3, 0.4) is 0 Å². The summed E-state index contributed by atoms with van der Waals surface area (Å²) in [6.45, 7) is 4.21. The molecule has 3 N–H and O–H groups in total. The van der Waals surface area contributed by atoms with Crippen molar-refractivity contribution in [3.8, 4) is 6.07 Å². The van der Waals surface area contributed by atoms with Gasteiger partial charge in [0, 0.05) is 18.0 Å². The van der Waals surface area contributed by atoms with E-state index in [1.807, 2.05) is 6.07 Å². The van der Waals surface area contributed by atoms with E-state index in [0.717, 1.165) is 34.5 Å². The molecule has 0 radical (unpaired) electrons. The van der Waals surface area contributed by atoms with E-state index in [-0.39, 0.29) is 17.3 Å². The Morgan fingerprint density at radius 2 is 2.12 bits per heavy atom. The topological polar surface area (TPSA) is 95.0 Å². The fourth-order valence-electron chi connectivity index (χ4n) is 5.88. The fraction of sp³-hybridized carbons (Fsp3) is 0.375. The number of benzene rings is 1. The van der Waals surface area contributed by atoms with Crippen molar-refractivity contribution in [1.82, 2.24) is 19.9 Å². The van der Waals surface area contributed by atoms with Gasteiger partial charge in [-0.3, -0.25) is 4.79 Å². The van der Waals surface area contributed by atoms with Crippen LogP contribution in [0.25, 0.3) is 10.2 Å². The zero-order chi connectivity index (χ0) is 22.9. The molecule has 3 aliphatic heterocycles. The van der Waals surface area contributed by atoms with E-state index in [9.17, 15) is 14.4 Å². The number of aryl methyl sites for hydroxylation is 1. The van der Waals surface area contributed by atoms with Crippen LogP contribution in [-0.2, 0) is 6.42 Å². The summed E-state index contributed by atoms with van der Waals surface area (Å²) >= 11 is 1.17. The van der Waals surface area contributed by atoms with Gasteiger partial charge < -0.3 is 11.1 Å². The number of piperazine rings is 1. The minimum atomic E-state index is -0.437. The second-order valence-electron chi connectivity index (χ2n) is 9.28. The first-order valence-electron chi connectivity index (χ1n) is 11.2. The molecule has 6 rings (SSSR count). The number of aromatic nitrogens is 1. The third-order valence-electron chi connectivity index (χ3n) is 7.43. The van der Waals surface area contributed by atoms with Crippen LogP contribution in [0.5, 0.6) is 0 Å². The zero-order valence-corrected chi connectivity index (χ0v) is 19.1. The van der Waals surface area contributed by atoms with Gasteiger partial charge in [-0.1, -0.05) is 6.07 Å². The second-order valence-corrected chi connectivity index (χ2v) is 10.3. The third-order valence-corrected chi connectivity index (χ3v) is 8.55. The largest absolute Gasteiger partial charge is 0.397 e.